The van der Waals surface area contributed by atoms with Crippen LogP contribution in [-0.2, 0) is 12.8 Å². The second-order valence-corrected chi connectivity index (χ2v) is 9.75. The summed E-state index contributed by atoms with van der Waals surface area (Å²) in [6, 6.07) is 10.9. The highest BCUT2D eigenvalue weighted by molar-refractivity contribution is 5.22. The molecule has 0 saturated heterocycles. The molecule has 0 bridgehead atoms. The second-order valence-electron chi connectivity index (χ2n) is 9.75. The summed E-state index contributed by atoms with van der Waals surface area (Å²) in [5, 5.41) is 8.38. The summed E-state index contributed by atoms with van der Waals surface area (Å²) in [7, 11) is 0. The van der Waals surface area contributed by atoms with Crippen LogP contribution in [-0.4, -0.2) is 0 Å². The summed E-state index contributed by atoms with van der Waals surface area (Å²) in [5.74, 6) is 1.03. The Morgan fingerprint density at radius 1 is 0.875 bits per heavy atom. The van der Waals surface area contributed by atoms with Gasteiger partial charge in [-0.2, -0.15) is 9.65 Å². The van der Waals surface area contributed by atoms with Gasteiger partial charge in [-0.3, -0.25) is 0 Å². The van der Waals surface area contributed by atoms with E-state index in [1.54, 1.807) is 6.08 Å². The minimum Gasteiger partial charge on any atom is -0.195 e. The first kappa shape index (κ1) is 26.4. The molecular formula is C30H44FN. The van der Waals surface area contributed by atoms with E-state index >= 15 is 0 Å². The standard InChI is InChI=1S/C30H44FN/c1-2-3-4-5-7-12-26-17-21-28(22-18-26)14-10-11-15-29-23-19-27(20-24-29)13-8-6-9-16-30(31)25-32/h6,9,16-18,21-22,27,29H,2-5,7-8,10-15,19-20,23-24H2,1H3/b9-6+,30-16-. The first-order valence-corrected chi connectivity index (χ1v) is 13.2. The number of aryl methyl sites for hydroxylation is 2. The van der Waals surface area contributed by atoms with Crippen molar-refractivity contribution < 1.29 is 4.39 Å². The molecule has 1 fully saturated rings. The molecule has 0 aromatic heterocycles. The number of rotatable bonds is 15. The predicted molar refractivity (Wildman–Crippen MR) is 135 cm³/mol. The summed E-state index contributed by atoms with van der Waals surface area (Å²) in [6.45, 7) is 2.27. The predicted octanol–water partition coefficient (Wildman–Crippen LogP) is 9.43. The van der Waals surface area contributed by atoms with Crippen LogP contribution in [0.3, 0.4) is 0 Å². The van der Waals surface area contributed by atoms with Gasteiger partial charge in [0.1, 0.15) is 6.07 Å². The van der Waals surface area contributed by atoms with Crippen molar-refractivity contribution in [1.29, 1.82) is 5.26 Å². The van der Waals surface area contributed by atoms with E-state index in [1.165, 1.54) is 120 Å². The average molecular weight is 438 g/mol. The molecule has 1 aromatic carbocycles. The van der Waals surface area contributed by atoms with E-state index in [2.05, 4.69) is 31.2 Å². The third-order valence-corrected chi connectivity index (χ3v) is 7.11. The maximum atomic E-state index is 12.7. The van der Waals surface area contributed by atoms with Crippen molar-refractivity contribution in [2.24, 2.45) is 11.8 Å². The Labute approximate surface area is 196 Å². The Balaban J connectivity index is 1.51. The highest BCUT2D eigenvalue weighted by atomic mass is 19.1. The van der Waals surface area contributed by atoms with Gasteiger partial charge in [0.2, 0.25) is 0 Å². The summed E-state index contributed by atoms with van der Waals surface area (Å²) in [5.41, 5.74) is 3.00. The molecule has 1 nitrogen and oxygen atoms in total. The van der Waals surface area contributed by atoms with Gasteiger partial charge in [0, 0.05) is 0 Å². The van der Waals surface area contributed by atoms with Crippen LogP contribution in [0.4, 0.5) is 4.39 Å². The Morgan fingerprint density at radius 2 is 1.44 bits per heavy atom. The number of benzene rings is 1. The molecule has 2 heteroatoms. The average Bonchev–Trinajstić information content (AvgIpc) is 2.83. The number of allylic oxidation sites excluding steroid dienone is 4. The van der Waals surface area contributed by atoms with Crippen molar-refractivity contribution in [3.05, 3.63) is 59.4 Å². The van der Waals surface area contributed by atoms with E-state index in [4.69, 9.17) is 5.26 Å². The van der Waals surface area contributed by atoms with Crippen molar-refractivity contribution in [2.45, 2.75) is 110 Å². The number of hydrogen-bond donors (Lipinski definition) is 0. The van der Waals surface area contributed by atoms with Gasteiger partial charge in [0.25, 0.3) is 0 Å². The number of nitrogens with zero attached hydrogens (tertiary/aromatic N) is 1. The molecule has 2 rings (SSSR count). The highest BCUT2D eigenvalue weighted by Gasteiger charge is 2.20. The third kappa shape index (κ3) is 11.7. The molecule has 32 heavy (non-hydrogen) atoms. The number of nitriles is 1. The molecule has 0 unspecified atom stereocenters. The summed E-state index contributed by atoms with van der Waals surface area (Å²) in [4.78, 5) is 0. The van der Waals surface area contributed by atoms with E-state index in [0.717, 1.165) is 18.3 Å². The van der Waals surface area contributed by atoms with Crippen LogP contribution in [0.1, 0.15) is 108 Å². The summed E-state index contributed by atoms with van der Waals surface area (Å²) in [6.07, 6.45) is 25.9. The van der Waals surface area contributed by atoms with Crippen molar-refractivity contribution in [3.8, 4) is 6.07 Å². The maximum absolute atomic E-state index is 12.7. The van der Waals surface area contributed by atoms with Crippen LogP contribution in [0.15, 0.2) is 48.3 Å². The number of halogens is 1. The van der Waals surface area contributed by atoms with Crippen molar-refractivity contribution in [1.82, 2.24) is 0 Å². The molecule has 176 valence electrons. The first-order valence-electron chi connectivity index (χ1n) is 13.2. The molecule has 0 atom stereocenters. The Hall–Kier alpha value is -1.88. The van der Waals surface area contributed by atoms with Gasteiger partial charge < -0.3 is 0 Å². The second kappa shape index (κ2) is 16.7. The number of unbranched alkanes of at least 4 members (excludes halogenated alkanes) is 5. The summed E-state index contributed by atoms with van der Waals surface area (Å²) < 4.78 is 12.7. The van der Waals surface area contributed by atoms with Crippen molar-refractivity contribution in [3.63, 3.8) is 0 Å². The number of hydrogen-bond acceptors (Lipinski definition) is 1. The molecule has 0 spiro atoms. The van der Waals surface area contributed by atoms with Gasteiger partial charge in [-0.25, -0.2) is 0 Å². The molecule has 1 aromatic rings. The van der Waals surface area contributed by atoms with Gasteiger partial charge in [-0.05, 0) is 67.6 Å². The molecule has 1 aliphatic carbocycles. The zero-order chi connectivity index (χ0) is 22.9. The fourth-order valence-corrected chi connectivity index (χ4v) is 4.99. The quantitative estimate of drug-likeness (QED) is 0.152. The largest absolute Gasteiger partial charge is 0.199 e. The lowest BCUT2D eigenvalue weighted by Crippen LogP contribution is -2.14. The monoisotopic (exact) mass is 437 g/mol. The topological polar surface area (TPSA) is 23.8 Å². The Morgan fingerprint density at radius 3 is 2.03 bits per heavy atom. The zero-order valence-corrected chi connectivity index (χ0v) is 20.3. The molecule has 0 N–H and O–H groups in total. The SMILES string of the molecule is CCCCCCCc1ccc(CCCCC2CCC(CC/C=C/C=C(\F)C#N)CC2)cc1. The van der Waals surface area contributed by atoms with E-state index in [-0.39, 0.29) is 0 Å². The van der Waals surface area contributed by atoms with E-state index in [1.807, 2.05) is 6.08 Å². The van der Waals surface area contributed by atoms with E-state index in [0.29, 0.717) is 0 Å². The molecule has 0 amide bonds. The van der Waals surface area contributed by atoms with Crippen molar-refractivity contribution in [2.75, 3.05) is 0 Å². The maximum Gasteiger partial charge on any atom is 0.199 e. The van der Waals surface area contributed by atoms with Crippen LogP contribution >= 0.6 is 0 Å². The molecular weight excluding hydrogens is 393 g/mol. The van der Waals surface area contributed by atoms with Crippen LogP contribution in [0, 0.1) is 23.2 Å². The normalized spacial score (nSPS) is 19.3. The molecule has 1 saturated carbocycles. The first-order chi connectivity index (χ1) is 15.7. The lowest BCUT2D eigenvalue weighted by Gasteiger charge is -2.28. The van der Waals surface area contributed by atoms with Crippen LogP contribution in [0.25, 0.3) is 0 Å². The lowest BCUT2D eigenvalue weighted by atomic mass is 9.78. The smallest absolute Gasteiger partial charge is 0.195 e. The minimum absolute atomic E-state index is 0.716. The van der Waals surface area contributed by atoms with Gasteiger partial charge >= 0.3 is 0 Å². The molecule has 0 radical (unpaired) electrons. The fraction of sp³-hybridized carbons (Fsp3) is 0.633. The summed E-state index contributed by atoms with van der Waals surface area (Å²) >= 11 is 0. The van der Waals surface area contributed by atoms with Crippen LogP contribution in [0.5, 0.6) is 0 Å². The van der Waals surface area contributed by atoms with E-state index < -0.39 is 5.83 Å². The minimum atomic E-state index is -0.716. The fourth-order valence-electron chi connectivity index (χ4n) is 4.99. The van der Waals surface area contributed by atoms with Gasteiger partial charge in [0.05, 0.1) is 0 Å². The molecule has 1 aliphatic rings. The van der Waals surface area contributed by atoms with Crippen LogP contribution in [0.2, 0.25) is 0 Å². The molecule has 0 aliphatic heterocycles. The molecule has 0 heterocycles. The highest BCUT2D eigenvalue weighted by Crippen LogP contribution is 2.34. The third-order valence-electron chi connectivity index (χ3n) is 7.11. The van der Waals surface area contributed by atoms with E-state index in [9.17, 15) is 4.39 Å². The lowest BCUT2D eigenvalue weighted by molar-refractivity contribution is 0.250. The van der Waals surface area contributed by atoms with Gasteiger partial charge in [-0.1, -0.05) is 108 Å². The Kier molecular flexibility index (Phi) is 13.8. The van der Waals surface area contributed by atoms with Crippen molar-refractivity contribution >= 4 is 0 Å². The zero-order valence-electron chi connectivity index (χ0n) is 20.3. The van der Waals surface area contributed by atoms with Gasteiger partial charge in [0.15, 0.2) is 5.83 Å². The van der Waals surface area contributed by atoms with Gasteiger partial charge in [-0.15, -0.1) is 0 Å². The Bertz CT molecular complexity index is 701. The van der Waals surface area contributed by atoms with Crippen LogP contribution < -0.4 is 0 Å².